The summed E-state index contributed by atoms with van der Waals surface area (Å²) >= 11 is 7.03. The highest BCUT2D eigenvalue weighted by Gasteiger charge is 2.13. The molecule has 0 aromatic carbocycles. The molecule has 1 aromatic rings. The van der Waals surface area contributed by atoms with E-state index in [4.69, 9.17) is 0 Å². The molecule has 0 saturated heterocycles. The van der Waals surface area contributed by atoms with Crippen LogP contribution in [0, 0.1) is 12.8 Å². The van der Waals surface area contributed by atoms with Gasteiger partial charge < -0.3 is 5.32 Å². The Bertz CT molecular complexity index is 328. The van der Waals surface area contributed by atoms with Crippen molar-refractivity contribution in [2.24, 2.45) is 5.92 Å². The summed E-state index contributed by atoms with van der Waals surface area (Å²) in [6, 6.07) is 2.39. The highest BCUT2D eigenvalue weighted by molar-refractivity contribution is 9.10. The summed E-state index contributed by atoms with van der Waals surface area (Å²) in [5.41, 5.74) is 1.20. The number of rotatable bonds is 4. The minimum absolute atomic E-state index is 0.398. The zero-order valence-electron chi connectivity index (χ0n) is 9.22. The van der Waals surface area contributed by atoms with Crippen LogP contribution in [0.25, 0.3) is 0 Å². The maximum Gasteiger partial charge on any atom is 0.140 e. The number of hydrogen-bond donors (Lipinski definition) is 1. The molecule has 15 heavy (non-hydrogen) atoms. The molecule has 1 heterocycles. The van der Waals surface area contributed by atoms with Crippen molar-refractivity contribution in [3.8, 4) is 0 Å². The molecule has 1 aromatic heterocycles. The number of aromatic nitrogens is 1. The standard InChI is InChI=1S/C11H16Br2N2/c1-7-4-5-14-11(10(7)13)15-9(3)8(2)6-12/h4-5,8-9H,6H2,1-3H3,(H,14,15). The Labute approximate surface area is 108 Å². The Morgan fingerprint density at radius 3 is 2.73 bits per heavy atom. The molecule has 2 atom stereocenters. The van der Waals surface area contributed by atoms with Gasteiger partial charge in [-0.05, 0) is 47.3 Å². The van der Waals surface area contributed by atoms with E-state index in [2.05, 4.69) is 62.9 Å². The SMILES string of the molecule is Cc1ccnc(NC(C)C(C)CBr)c1Br. The molecule has 0 bridgehead atoms. The molecule has 2 unspecified atom stereocenters. The number of alkyl halides is 1. The van der Waals surface area contributed by atoms with Gasteiger partial charge in [-0.15, -0.1) is 0 Å². The number of nitrogens with zero attached hydrogens (tertiary/aromatic N) is 1. The number of anilines is 1. The molecule has 0 saturated carbocycles. The minimum Gasteiger partial charge on any atom is -0.366 e. The third-order valence-corrected chi connectivity index (χ3v) is 4.57. The van der Waals surface area contributed by atoms with Crippen LogP contribution in [-0.4, -0.2) is 16.4 Å². The number of aryl methyl sites for hydroxylation is 1. The van der Waals surface area contributed by atoms with Crippen LogP contribution in [0.15, 0.2) is 16.7 Å². The van der Waals surface area contributed by atoms with Gasteiger partial charge in [-0.25, -0.2) is 4.98 Å². The van der Waals surface area contributed by atoms with Gasteiger partial charge in [0.25, 0.3) is 0 Å². The second-order valence-electron chi connectivity index (χ2n) is 3.86. The van der Waals surface area contributed by atoms with Gasteiger partial charge in [-0.1, -0.05) is 22.9 Å². The van der Waals surface area contributed by atoms with Gasteiger partial charge in [0.1, 0.15) is 5.82 Å². The average Bonchev–Trinajstić information content (AvgIpc) is 2.23. The van der Waals surface area contributed by atoms with Gasteiger partial charge in [0.15, 0.2) is 0 Å². The van der Waals surface area contributed by atoms with Crippen LogP contribution in [-0.2, 0) is 0 Å². The number of halogens is 2. The summed E-state index contributed by atoms with van der Waals surface area (Å²) in [5, 5.41) is 4.40. The molecule has 0 aliphatic carbocycles. The Morgan fingerprint density at radius 2 is 2.13 bits per heavy atom. The van der Waals surface area contributed by atoms with Gasteiger partial charge in [-0.3, -0.25) is 0 Å². The highest BCUT2D eigenvalue weighted by Crippen LogP contribution is 2.24. The molecule has 0 aliphatic heterocycles. The van der Waals surface area contributed by atoms with Crippen LogP contribution in [0.1, 0.15) is 19.4 Å². The first-order valence-corrected chi connectivity index (χ1v) is 6.91. The molecule has 1 N–H and O–H groups in total. The first kappa shape index (κ1) is 13.0. The predicted molar refractivity (Wildman–Crippen MR) is 72.7 cm³/mol. The monoisotopic (exact) mass is 334 g/mol. The molecule has 4 heteroatoms. The number of pyridine rings is 1. The Balaban J connectivity index is 2.76. The van der Waals surface area contributed by atoms with Gasteiger partial charge in [0.05, 0.1) is 4.47 Å². The van der Waals surface area contributed by atoms with Crippen molar-refractivity contribution >= 4 is 37.7 Å². The number of hydrogen-bond acceptors (Lipinski definition) is 2. The summed E-state index contributed by atoms with van der Waals surface area (Å²) in [7, 11) is 0. The number of nitrogens with one attached hydrogen (secondary N) is 1. The van der Waals surface area contributed by atoms with E-state index < -0.39 is 0 Å². The van der Waals surface area contributed by atoms with Gasteiger partial charge in [0, 0.05) is 17.6 Å². The molecule has 1 rings (SSSR count). The molecule has 0 radical (unpaired) electrons. The van der Waals surface area contributed by atoms with E-state index in [0.717, 1.165) is 15.6 Å². The van der Waals surface area contributed by atoms with Crippen LogP contribution in [0.4, 0.5) is 5.82 Å². The van der Waals surface area contributed by atoms with E-state index in [1.807, 2.05) is 12.3 Å². The van der Waals surface area contributed by atoms with Crippen LogP contribution >= 0.6 is 31.9 Å². The molecule has 0 aliphatic rings. The van der Waals surface area contributed by atoms with Crippen molar-refractivity contribution in [3.63, 3.8) is 0 Å². The summed E-state index contributed by atoms with van der Waals surface area (Å²) in [5.74, 6) is 1.49. The first-order valence-electron chi connectivity index (χ1n) is 5.00. The molecule has 0 amide bonds. The normalized spacial score (nSPS) is 14.7. The fourth-order valence-corrected chi connectivity index (χ4v) is 2.04. The largest absolute Gasteiger partial charge is 0.366 e. The highest BCUT2D eigenvalue weighted by atomic mass is 79.9. The second-order valence-corrected chi connectivity index (χ2v) is 5.30. The Morgan fingerprint density at radius 1 is 1.47 bits per heavy atom. The van der Waals surface area contributed by atoms with E-state index in [1.165, 1.54) is 5.56 Å². The van der Waals surface area contributed by atoms with Crippen LogP contribution in [0.3, 0.4) is 0 Å². The van der Waals surface area contributed by atoms with Crippen molar-refractivity contribution in [1.29, 1.82) is 0 Å². The van der Waals surface area contributed by atoms with Crippen molar-refractivity contribution in [2.75, 3.05) is 10.6 Å². The van der Waals surface area contributed by atoms with Crippen molar-refractivity contribution in [3.05, 3.63) is 22.3 Å². The minimum atomic E-state index is 0.398. The summed E-state index contributed by atoms with van der Waals surface area (Å²) in [4.78, 5) is 4.32. The maximum atomic E-state index is 4.32. The molecular formula is C11H16Br2N2. The zero-order valence-corrected chi connectivity index (χ0v) is 12.4. The predicted octanol–water partition coefficient (Wildman–Crippen LogP) is 3.98. The molecular weight excluding hydrogens is 320 g/mol. The third-order valence-electron chi connectivity index (χ3n) is 2.54. The molecule has 84 valence electrons. The lowest BCUT2D eigenvalue weighted by Gasteiger charge is -2.20. The van der Waals surface area contributed by atoms with Crippen LogP contribution in [0.5, 0.6) is 0 Å². The van der Waals surface area contributed by atoms with E-state index in [1.54, 1.807) is 0 Å². The maximum absolute atomic E-state index is 4.32. The van der Waals surface area contributed by atoms with E-state index in [9.17, 15) is 0 Å². The zero-order chi connectivity index (χ0) is 11.4. The third kappa shape index (κ3) is 3.45. The van der Waals surface area contributed by atoms with Crippen LogP contribution < -0.4 is 5.32 Å². The van der Waals surface area contributed by atoms with Gasteiger partial charge in [-0.2, -0.15) is 0 Å². The van der Waals surface area contributed by atoms with E-state index in [-0.39, 0.29) is 0 Å². The first-order chi connectivity index (χ1) is 7.06. The van der Waals surface area contributed by atoms with Crippen LogP contribution in [0.2, 0.25) is 0 Å². The van der Waals surface area contributed by atoms with Crippen molar-refractivity contribution in [2.45, 2.75) is 26.8 Å². The van der Waals surface area contributed by atoms with Gasteiger partial charge in [0.2, 0.25) is 0 Å². The summed E-state index contributed by atoms with van der Waals surface area (Å²) in [6.07, 6.45) is 1.83. The smallest absolute Gasteiger partial charge is 0.140 e. The fraction of sp³-hybridized carbons (Fsp3) is 0.545. The topological polar surface area (TPSA) is 24.9 Å². The van der Waals surface area contributed by atoms with E-state index >= 15 is 0 Å². The lowest BCUT2D eigenvalue weighted by atomic mass is 10.1. The average molecular weight is 336 g/mol. The second kappa shape index (κ2) is 5.85. The summed E-state index contributed by atoms with van der Waals surface area (Å²) in [6.45, 7) is 6.44. The Hall–Kier alpha value is -0.0900. The lowest BCUT2D eigenvalue weighted by Crippen LogP contribution is -2.25. The fourth-order valence-electron chi connectivity index (χ4n) is 1.13. The van der Waals surface area contributed by atoms with Crippen molar-refractivity contribution < 1.29 is 0 Å². The summed E-state index contributed by atoms with van der Waals surface area (Å²) < 4.78 is 1.05. The van der Waals surface area contributed by atoms with Gasteiger partial charge >= 0.3 is 0 Å². The lowest BCUT2D eigenvalue weighted by molar-refractivity contribution is 0.570. The Kier molecular flexibility index (Phi) is 5.06. The molecule has 2 nitrogen and oxygen atoms in total. The molecule has 0 spiro atoms. The quantitative estimate of drug-likeness (QED) is 0.842. The molecule has 0 fully saturated rings. The van der Waals surface area contributed by atoms with Crippen molar-refractivity contribution in [1.82, 2.24) is 4.98 Å². The van der Waals surface area contributed by atoms with E-state index in [0.29, 0.717) is 12.0 Å².